The molecule has 0 amide bonds. The Kier molecular flexibility index (Phi) is 13.4. The van der Waals surface area contributed by atoms with Crippen molar-refractivity contribution in [1.82, 2.24) is 5.32 Å². The fraction of sp³-hybridized carbons (Fsp3) is 1.00. The van der Waals surface area contributed by atoms with E-state index in [4.69, 9.17) is 32.3 Å². The van der Waals surface area contributed by atoms with Gasteiger partial charge in [0.05, 0.1) is 0 Å². The van der Waals surface area contributed by atoms with Crippen molar-refractivity contribution < 1.29 is 26.6 Å². The zero-order valence-corrected chi connectivity index (χ0v) is 18.1. The molecule has 0 aliphatic heterocycles. The van der Waals surface area contributed by atoms with Crippen LogP contribution in [0.25, 0.3) is 0 Å². The predicted octanol–water partition coefficient (Wildman–Crippen LogP) is 0.831. The molecular formula is C14H36N2O6Si2. The standard InChI is InChI=1S/C14H36N2O6Si2/c1-17-23(18-2,19-3)13-7-11-16-12-9-14(8-10-15)24(20-4,21-5)22-6/h14,16H,7-13,15H2,1-6H3. The molecule has 10 heteroatoms. The molecule has 0 aromatic heterocycles. The topological polar surface area (TPSA) is 93.4 Å². The van der Waals surface area contributed by atoms with Crippen molar-refractivity contribution >= 4 is 17.6 Å². The molecule has 0 aromatic carbocycles. The number of hydrogen-bond donors (Lipinski definition) is 2. The van der Waals surface area contributed by atoms with Gasteiger partial charge >= 0.3 is 17.6 Å². The average molecular weight is 385 g/mol. The molecule has 0 heterocycles. The summed E-state index contributed by atoms with van der Waals surface area (Å²) in [5, 5.41) is 3.43. The molecule has 1 unspecified atom stereocenters. The largest absolute Gasteiger partial charge is 0.503 e. The summed E-state index contributed by atoms with van der Waals surface area (Å²) in [4.78, 5) is 0. The van der Waals surface area contributed by atoms with Gasteiger partial charge in [-0.05, 0) is 38.9 Å². The summed E-state index contributed by atoms with van der Waals surface area (Å²) in [6, 6.07) is 0.780. The van der Waals surface area contributed by atoms with Crippen LogP contribution < -0.4 is 11.1 Å². The van der Waals surface area contributed by atoms with E-state index in [0.717, 1.165) is 38.4 Å². The molecule has 0 aliphatic rings. The molecule has 0 saturated heterocycles. The highest BCUT2D eigenvalue weighted by Crippen LogP contribution is 2.30. The van der Waals surface area contributed by atoms with Gasteiger partial charge in [-0.15, -0.1) is 0 Å². The average Bonchev–Trinajstić information content (AvgIpc) is 2.63. The van der Waals surface area contributed by atoms with Gasteiger partial charge in [0.2, 0.25) is 0 Å². The van der Waals surface area contributed by atoms with Gasteiger partial charge in [-0.1, -0.05) is 0 Å². The molecule has 0 radical (unpaired) electrons. The van der Waals surface area contributed by atoms with Crippen molar-refractivity contribution in [2.75, 3.05) is 62.3 Å². The van der Waals surface area contributed by atoms with Crippen molar-refractivity contribution in [3.8, 4) is 0 Å². The first-order chi connectivity index (χ1) is 11.5. The highest BCUT2D eigenvalue weighted by atomic mass is 28.4. The second-order valence-corrected chi connectivity index (χ2v) is 11.8. The van der Waals surface area contributed by atoms with Gasteiger partial charge in [-0.25, -0.2) is 0 Å². The van der Waals surface area contributed by atoms with Crippen LogP contribution in [0, 0.1) is 0 Å². The third-order valence-electron chi connectivity index (χ3n) is 4.31. The van der Waals surface area contributed by atoms with Crippen LogP contribution >= 0.6 is 0 Å². The fourth-order valence-corrected chi connectivity index (χ4v) is 7.08. The van der Waals surface area contributed by atoms with Gasteiger partial charge in [-0.2, -0.15) is 0 Å². The quantitative estimate of drug-likeness (QED) is 0.299. The summed E-state index contributed by atoms with van der Waals surface area (Å²) in [5.74, 6) is 0. The summed E-state index contributed by atoms with van der Waals surface area (Å²) in [7, 11) is 4.69. The van der Waals surface area contributed by atoms with E-state index in [1.165, 1.54) is 0 Å². The Labute approximate surface area is 149 Å². The maximum Gasteiger partial charge on any atom is 0.503 e. The van der Waals surface area contributed by atoms with E-state index in [9.17, 15) is 0 Å². The molecule has 0 rings (SSSR count). The first-order valence-electron chi connectivity index (χ1n) is 8.25. The predicted molar refractivity (Wildman–Crippen MR) is 97.9 cm³/mol. The molecular weight excluding hydrogens is 348 g/mol. The SMILES string of the molecule is CO[Si](CCCNCCC(CCN)[Si](OC)(OC)OC)(OC)OC. The van der Waals surface area contributed by atoms with Gasteiger partial charge in [0, 0.05) is 54.2 Å². The van der Waals surface area contributed by atoms with Gasteiger partial charge < -0.3 is 37.6 Å². The molecule has 0 spiro atoms. The van der Waals surface area contributed by atoms with E-state index in [0.29, 0.717) is 6.54 Å². The van der Waals surface area contributed by atoms with E-state index < -0.39 is 17.6 Å². The highest BCUT2D eigenvalue weighted by Gasteiger charge is 2.46. The summed E-state index contributed by atoms with van der Waals surface area (Å²) in [5.41, 5.74) is 5.91. The van der Waals surface area contributed by atoms with Gasteiger partial charge in [0.1, 0.15) is 0 Å². The Morgan fingerprint density at radius 2 is 1.33 bits per heavy atom. The van der Waals surface area contributed by atoms with Gasteiger partial charge in [0.25, 0.3) is 0 Å². The van der Waals surface area contributed by atoms with Crippen LogP contribution in [0.1, 0.15) is 19.3 Å². The van der Waals surface area contributed by atoms with Crippen LogP contribution in [0.5, 0.6) is 0 Å². The molecule has 0 aromatic rings. The van der Waals surface area contributed by atoms with Crippen molar-refractivity contribution in [3.05, 3.63) is 0 Å². The number of nitrogens with one attached hydrogen (secondary N) is 1. The first kappa shape index (κ1) is 24.1. The van der Waals surface area contributed by atoms with Crippen molar-refractivity contribution in [3.63, 3.8) is 0 Å². The molecule has 8 nitrogen and oxygen atoms in total. The van der Waals surface area contributed by atoms with E-state index in [-0.39, 0.29) is 5.54 Å². The van der Waals surface area contributed by atoms with E-state index in [1.54, 1.807) is 42.7 Å². The van der Waals surface area contributed by atoms with Crippen LogP contribution in [0.2, 0.25) is 11.6 Å². The Morgan fingerprint density at radius 3 is 1.75 bits per heavy atom. The lowest BCUT2D eigenvalue weighted by Crippen LogP contribution is -2.49. The lowest BCUT2D eigenvalue weighted by molar-refractivity contribution is 0.108. The minimum atomic E-state index is -2.66. The Bertz CT molecular complexity index is 290. The molecule has 146 valence electrons. The second-order valence-electron chi connectivity index (χ2n) is 5.43. The van der Waals surface area contributed by atoms with Crippen molar-refractivity contribution in [2.45, 2.75) is 30.8 Å². The molecule has 1 atom stereocenters. The van der Waals surface area contributed by atoms with Gasteiger partial charge in [0.15, 0.2) is 0 Å². The number of nitrogens with two attached hydrogens (primary N) is 1. The maximum absolute atomic E-state index is 5.73. The maximum atomic E-state index is 5.73. The zero-order valence-electron chi connectivity index (χ0n) is 16.1. The Morgan fingerprint density at radius 1 is 0.792 bits per heavy atom. The third-order valence-corrected chi connectivity index (χ3v) is 10.4. The van der Waals surface area contributed by atoms with E-state index in [2.05, 4.69) is 5.32 Å². The zero-order chi connectivity index (χ0) is 18.5. The second kappa shape index (κ2) is 13.3. The summed E-state index contributed by atoms with van der Waals surface area (Å²) in [6.45, 7) is 2.29. The molecule has 0 bridgehead atoms. The van der Waals surface area contributed by atoms with E-state index in [1.807, 2.05) is 0 Å². The third kappa shape index (κ3) is 7.16. The van der Waals surface area contributed by atoms with Crippen LogP contribution in [-0.4, -0.2) is 79.9 Å². The summed E-state index contributed by atoms with van der Waals surface area (Å²) in [6.07, 6.45) is 2.63. The number of hydrogen-bond acceptors (Lipinski definition) is 8. The highest BCUT2D eigenvalue weighted by molar-refractivity contribution is 6.62. The lowest BCUT2D eigenvalue weighted by atomic mass is 10.2. The minimum Gasteiger partial charge on any atom is -0.377 e. The van der Waals surface area contributed by atoms with E-state index >= 15 is 0 Å². The summed E-state index contributed by atoms with van der Waals surface area (Å²) < 4.78 is 33.0. The molecule has 0 aliphatic carbocycles. The number of rotatable bonds is 16. The first-order valence-corrected chi connectivity index (χ1v) is 12.0. The Balaban J connectivity index is 4.26. The van der Waals surface area contributed by atoms with Crippen molar-refractivity contribution in [1.29, 1.82) is 0 Å². The smallest absolute Gasteiger partial charge is 0.377 e. The molecule has 0 saturated carbocycles. The fourth-order valence-electron chi connectivity index (χ4n) is 2.84. The van der Waals surface area contributed by atoms with Crippen LogP contribution in [0.15, 0.2) is 0 Å². The lowest BCUT2D eigenvalue weighted by Gasteiger charge is -2.32. The molecule has 0 fully saturated rings. The van der Waals surface area contributed by atoms with Crippen LogP contribution in [0.4, 0.5) is 0 Å². The van der Waals surface area contributed by atoms with Crippen molar-refractivity contribution in [2.24, 2.45) is 5.73 Å². The Hall–Kier alpha value is 0.114. The molecule has 3 N–H and O–H groups in total. The van der Waals surface area contributed by atoms with Gasteiger partial charge in [-0.3, -0.25) is 0 Å². The normalized spacial score (nSPS) is 14.1. The molecule has 24 heavy (non-hydrogen) atoms. The summed E-state index contributed by atoms with van der Waals surface area (Å²) >= 11 is 0. The van der Waals surface area contributed by atoms with Crippen LogP contribution in [-0.2, 0) is 26.6 Å². The van der Waals surface area contributed by atoms with Crippen LogP contribution in [0.3, 0.4) is 0 Å². The minimum absolute atomic E-state index is 0.181. The monoisotopic (exact) mass is 384 g/mol.